The van der Waals surface area contributed by atoms with Gasteiger partial charge in [-0.05, 0) is 43.3 Å². The van der Waals surface area contributed by atoms with E-state index in [0.717, 1.165) is 5.76 Å². The number of ether oxygens (including phenoxy) is 3. The number of nitrogens with one attached hydrogen (secondary N) is 1. The third-order valence-corrected chi connectivity index (χ3v) is 5.09. The molecule has 2 aromatic carbocycles. The maximum atomic E-state index is 12.9. The number of nitrogens with zero attached hydrogens (tertiary/aromatic N) is 1. The number of pyridine rings is 1. The number of fused-ring (bicyclic) bond motifs is 2. The van der Waals surface area contributed by atoms with Gasteiger partial charge in [-0.2, -0.15) is 0 Å². The van der Waals surface area contributed by atoms with Crippen LogP contribution < -0.4 is 14.8 Å². The van der Waals surface area contributed by atoms with Gasteiger partial charge in [-0.1, -0.05) is 18.2 Å². The van der Waals surface area contributed by atoms with Crippen LogP contribution in [0.15, 0.2) is 65.1 Å². The summed E-state index contributed by atoms with van der Waals surface area (Å²) in [7, 11) is 0. The summed E-state index contributed by atoms with van der Waals surface area (Å²) in [5.41, 5.74) is 1.95. The highest BCUT2D eigenvalue weighted by Crippen LogP contribution is 2.32. The van der Waals surface area contributed by atoms with Crippen molar-refractivity contribution in [3.05, 3.63) is 72.0 Å². The molecule has 0 atom stereocenters. The number of furan rings is 1. The molecule has 1 amide bonds. The summed E-state index contributed by atoms with van der Waals surface area (Å²) in [6, 6.07) is 17.6. The van der Waals surface area contributed by atoms with Crippen molar-refractivity contribution >= 4 is 28.5 Å². The number of anilines is 1. The molecule has 166 valence electrons. The molecule has 0 bridgehead atoms. The van der Waals surface area contributed by atoms with Crippen LogP contribution in [0.3, 0.4) is 0 Å². The molecule has 2 aromatic heterocycles. The molecule has 8 heteroatoms. The number of esters is 1. The summed E-state index contributed by atoms with van der Waals surface area (Å²) in [5.74, 6) is 1.36. The van der Waals surface area contributed by atoms with Gasteiger partial charge in [-0.15, -0.1) is 0 Å². The highest BCUT2D eigenvalue weighted by atomic mass is 16.6. The van der Waals surface area contributed by atoms with E-state index in [2.05, 4.69) is 10.3 Å². The lowest BCUT2D eigenvalue weighted by Gasteiger charge is -2.19. The number of rotatable bonds is 5. The van der Waals surface area contributed by atoms with Gasteiger partial charge in [0.15, 0.2) is 23.9 Å². The maximum absolute atomic E-state index is 12.9. The highest BCUT2D eigenvalue weighted by Gasteiger charge is 2.18. The second-order valence-corrected chi connectivity index (χ2v) is 7.47. The second-order valence-electron chi connectivity index (χ2n) is 7.47. The Labute approximate surface area is 189 Å². The van der Waals surface area contributed by atoms with E-state index < -0.39 is 18.5 Å². The average Bonchev–Trinajstić information content (AvgIpc) is 3.28. The van der Waals surface area contributed by atoms with Crippen molar-refractivity contribution in [2.75, 3.05) is 25.1 Å². The van der Waals surface area contributed by atoms with Crippen molar-refractivity contribution in [3.63, 3.8) is 0 Å². The number of carbonyl (C=O) groups is 2. The second kappa shape index (κ2) is 8.66. The van der Waals surface area contributed by atoms with Crippen LogP contribution in [0.2, 0.25) is 0 Å². The molecule has 4 aromatic rings. The first kappa shape index (κ1) is 20.6. The lowest BCUT2D eigenvalue weighted by atomic mass is 10.1. The molecule has 0 spiro atoms. The van der Waals surface area contributed by atoms with Gasteiger partial charge in [-0.25, -0.2) is 9.78 Å². The van der Waals surface area contributed by atoms with E-state index >= 15 is 0 Å². The van der Waals surface area contributed by atoms with Crippen molar-refractivity contribution in [2.24, 2.45) is 0 Å². The lowest BCUT2D eigenvalue weighted by Crippen LogP contribution is -2.21. The zero-order chi connectivity index (χ0) is 22.8. The monoisotopic (exact) mass is 444 g/mol. The maximum Gasteiger partial charge on any atom is 0.339 e. The fourth-order valence-corrected chi connectivity index (χ4v) is 3.57. The molecular weight excluding hydrogens is 424 g/mol. The minimum Gasteiger partial charge on any atom is -0.486 e. The van der Waals surface area contributed by atoms with Crippen LogP contribution in [0.25, 0.3) is 22.4 Å². The van der Waals surface area contributed by atoms with E-state index in [0.29, 0.717) is 58.3 Å². The van der Waals surface area contributed by atoms with Gasteiger partial charge >= 0.3 is 5.97 Å². The number of hydrogen-bond acceptors (Lipinski definition) is 7. The van der Waals surface area contributed by atoms with Crippen molar-refractivity contribution in [1.82, 2.24) is 4.98 Å². The van der Waals surface area contributed by atoms with E-state index in [-0.39, 0.29) is 0 Å². The van der Waals surface area contributed by atoms with Gasteiger partial charge in [-0.3, -0.25) is 4.79 Å². The Morgan fingerprint density at radius 2 is 1.82 bits per heavy atom. The molecule has 0 unspecified atom stereocenters. The smallest absolute Gasteiger partial charge is 0.339 e. The SMILES string of the molecule is Cc1ccc(-c2cc(C(=O)OCC(=O)Nc3ccc4c(c3)OCCO4)c3ccccc3n2)o1. The molecule has 3 heterocycles. The van der Waals surface area contributed by atoms with Gasteiger partial charge in [0.25, 0.3) is 5.91 Å². The summed E-state index contributed by atoms with van der Waals surface area (Å²) in [6.07, 6.45) is 0. The van der Waals surface area contributed by atoms with Crippen molar-refractivity contribution in [3.8, 4) is 23.0 Å². The van der Waals surface area contributed by atoms with Crippen LogP contribution in [0.5, 0.6) is 11.5 Å². The van der Waals surface area contributed by atoms with E-state index in [1.807, 2.05) is 25.1 Å². The van der Waals surface area contributed by atoms with Crippen LogP contribution in [0, 0.1) is 6.92 Å². The highest BCUT2D eigenvalue weighted by molar-refractivity contribution is 6.05. The molecule has 33 heavy (non-hydrogen) atoms. The summed E-state index contributed by atoms with van der Waals surface area (Å²) in [4.78, 5) is 29.9. The quantitative estimate of drug-likeness (QED) is 0.456. The number of aromatic nitrogens is 1. The topological polar surface area (TPSA) is 99.9 Å². The molecule has 0 radical (unpaired) electrons. The first-order chi connectivity index (χ1) is 16.1. The summed E-state index contributed by atoms with van der Waals surface area (Å²) < 4.78 is 22.0. The van der Waals surface area contributed by atoms with Gasteiger partial charge in [0, 0.05) is 17.1 Å². The molecule has 0 aliphatic carbocycles. The largest absolute Gasteiger partial charge is 0.486 e. The van der Waals surface area contributed by atoms with Crippen LogP contribution in [-0.4, -0.2) is 36.7 Å². The number of amides is 1. The number of benzene rings is 2. The Kier molecular flexibility index (Phi) is 5.40. The molecule has 1 N–H and O–H groups in total. The molecule has 0 saturated carbocycles. The zero-order valence-electron chi connectivity index (χ0n) is 17.8. The normalized spacial score (nSPS) is 12.4. The minimum atomic E-state index is -0.629. The summed E-state index contributed by atoms with van der Waals surface area (Å²) >= 11 is 0. The molecule has 1 aliphatic rings. The standard InChI is InChI=1S/C25H20N2O6/c1-15-6-8-21(33-15)20-13-18(17-4-2-3-5-19(17)27-20)25(29)32-14-24(28)26-16-7-9-22-23(12-16)31-11-10-30-22/h2-9,12-13H,10-11,14H2,1H3,(H,26,28). The summed E-state index contributed by atoms with van der Waals surface area (Å²) in [6.45, 7) is 2.32. The van der Waals surface area contributed by atoms with E-state index in [4.69, 9.17) is 18.6 Å². The van der Waals surface area contributed by atoms with Gasteiger partial charge < -0.3 is 23.9 Å². The fraction of sp³-hybridized carbons (Fsp3) is 0.160. The summed E-state index contributed by atoms with van der Waals surface area (Å²) in [5, 5.41) is 3.32. The van der Waals surface area contributed by atoms with Crippen LogP contribution in [0.1, 0.15) is 16.1 Å². The van der Waals surface area contributed by atoms with Gasteiger partial charge in [0.1, 0.15) is 24.7 Å². The number of aryl methyl sites for hydroxylation is 1. The number of para-hydroxylation sites is 1. The van der Waals surface area contributed by atoms with Crippen LogP contribution >= 0.6 is 0 Å². The van der Waals surface area contributed by atoms with Crippen molar-refractivity contribution in [1.29, 1.82) is 0 Å². The molecule has 0 saturated heterocycles. The minimum absolute atomic E-state index is 0.303. The van der Waals surface area contributed by atoms with Gasteiger partial charge in [0.2, 0.25) is 0 Å². The molecule has 1 aliphatic heterocycles. The number of carbonyl (C=O) groups excluding carboxylic acids is 2. The van der Waals surface area contributed by atoms with Crippen molar-refractivity contribution in [2.45, 2.75) is 6.92 Å². The average molecular weight is 444 g/mol. The first-order valence-electron chi connectivity index (χ1n) is 10.4. The lowest BCUT2D eigenvalue weighted by molar-refractivity contribution is -0.119. The van der Waals surface area contributed by atoms with Crippen molar-refractivity contribution < 1.29 is 28.2 Å². The van der Waals surface area contributed by atoms with Crippen LogP contribution in [0.4, 0.5) is 5.69 Å². The Morgan fingerprint density at radius 1 is 1.00 bits per heavy atom. The third kappa shape index (κ3) is 4.36. The predicted octanol–water partition coefficient (Wildman–Crippen LogP) is 4.37. The van der Waals surface area contributed by atoms with E-state index in [1.54, 1.807) is 42.5 Å². The van der Waals surface area contributed by atoms with E-state index in [1.165, 1.54) is 0 Å². The Balaban J connectivity index is 1.32. The Bertz CT molecular complexity index is 1360. The number of hydrogen-bond donors (Lipinski definition) is 1. The first-order valence-corrected chi connectivity index (χ1v) is 10.4. The molecule has 5 rings (SSSR count). The van der Waals surface area contributed by atoms with E-state index in [9.17, 15) is 9.59 Å². The molecular formula is C25H20N2O6. The van der Waals surface area contributed by atoms with Gasteiger partial charge in [0.05, 0.1) is 11.1 Å². The van der Waals surface area contributed by atoms with Crippen LogP contribution in [-0.2, 0) is 9.53 Å². The Hall–Kier alpha value is -4.33. The third-order valence-electron chi connectivity index (χ3n) is 5.09. The zero-order valence-corrected chi connectivity index (χ0v) is 17.8. The molecule has 8 nitrogen and oxygen atoms in total. The predicted molar refractivity (Wildman–Crippen MR) is 121 cm³/mol. The fourth-order valence-electron chi connectivity index (χ4n) is 3.57. The molecule has 0 fully saturated rings. The Morgan fingerprint density at radius 3 is 2.64 bits per heavy atom.